The quantitative estimate of drug-likeness (QED) is 0.290. The fourth-order valence-corrected chi connectivity index (χ4v) is 4.82. The summed E-state index contributed by atoms with van der Waals surface area (Å²) in [6, 6.07) is 18.3. The highest BCUT2D eigenvalue weighted by molar-refractivity contribution is 5.94. The number of carbonyl (C=O) groups is 1. The summed E-state index contributed by atoms with van der Waals surface area (Å²) in [6.45, 7) is 5.23. The van der Waals surface area contributed by atoms with Crippen LogP contribution in [0.15, 0.2) is 67.3 Å². The molecule has 1 unspecified atom stereocenters. The second kappa shape index (κ2) is 14.0. The maximum absolute atomic E-state index is 13.2. The average molecular weight is 449 g/mol. The van der Waals surface area contributed by atoms with Crippen LogP contribution in [0.1, 0.15) is 79.0 Å². The van der Waals surface area contributed by atoms with E-state index >= 15 is 0 Å². The maximum atomic E-state index is 13.2. The molecule has 0 bridgehead atoms. The van der Waals surface area contributed by atoms with Crippen molar-refractivity contribution < 1.29 is 9.53 Å². The standard InChI is InChI=1S/C29H40N2O2/c1-3-4-11-19-33-28(24-15-9-6-10-16-24)25-17-12-18-26(21-25)29(32)31-27(22-30-2)20-23-13-7-5-8-14-23/h3,6,9-10,12,15-18,21,23,27-28,30H,1,4-5,7-8,11,13-14,19-20,22H2,2H3,(H,31,32)/t27?,28-/m0/s1. The minimum atomic E-state index is -0.195. The van der Waals surface area contributed by atoms with Crippen LogP contribution in [0.3, 0.4) is 0 Å². The van der Waals surface area contributed by atoms with E-state index in [1.807, 2.05) is 49.5 Å². The van der Waals surface area contributed by atoms with E-state index in [2.05, 4.69) is 35.4 Å². The molecular formula is C29H40N2O2. The Hall–Kier alpha value is -2.43. The van der Waals surface area contributed by atoms with Crippen LogP contribution in [0.5, 0.6) is 0 Å². The van der Waals surface area contributed by atoms with Crippen molar-refractivity contribution >= 4 is 5.91 Å². The van der Waals surface area contributed by atoms with Gasteiger partial charge in [0.05, 0.1) is 0 Å². The summed E-state index contributed by atoms with van der Waals surface area (Å²) < 4.78 is 6.28. The Morgan fingerprint density at radius 2 is 1.85 bits per heavy atom. The van der Waals surface area contributed by atoms with Gasteiger partial charge in [-0.1, -0.05) is 80.6 Å². The molecule has 1 fully saturated rings. The van der Waals surface area contributed by atoms with E-state index in [0.717, 1.165) is 42.9 Å². The van der Waals surface area contributed by atoms with E-state index < -0.39 is 0 Å². The first-order valence-corrected chi connectivity index (χ1v) is 12.5. The fraction of sp³-hybridized carbons (Fsp3) is 0.483. The smallest absolute Gasteiger partial charge is 0.251 e. The second-order valence-corrected chi connectivity index (χ2v) is 9.19. The molecule has 0 aromatic heterocycles. The molecular weight excluding hydrogens is 408 g/mol. The molecule has 33 heavy (non-hydrogen) atoms. The molecule has 0 saturated heterocycles. The number of nitrogens with one attached hydrogen (secondary N) is 2. The minimum absolute atomic E-state index is 0.00798. The third-order valence-electron chi connectivity index (χ3n) is 6.52. The van der Waals surface area contributed by atoms with Gasteiger partial charge in [-0.25, -0.2) is 0 Å². The van der Waals surface area contributed by atoms with E-state index in [1.54, 1.807) is 0 Å². The van der Waals surface area contributed by atoms with Crippen LogP contribution in [0.25, 0.3) is 0 Å². The van der Waals surface area contributed by atoms with Crippen molar-refractivity contribution in [2.75, 3.05) is 20.2 Å². The Bertz CT molecular complexity index is 846. The van der Waals surface area contributed by atoms with Crippen LogP contribution in [0.4, 0.5) is 0 Å². The summed E-state index contributed by atoms with van der Waals surface area (Å²) in [6.07, 6.45) is 11.2. The van der Waals surface area contributed by atoms with Gasteiger partial charge < -0.3 is 15.4 Å². The first kappa shape index (κ1) is 25.2. The highest BCUT2D eigenvalue weighted by atomic mass is 16.5. The topological polar surface area (TPSA) is 50.4 Å². The van der Waals surface area contributed by atoms with E-state index in [0.29, 0.717) is 12.2 Å². The number of likely N-dealkylation sites (N-methyl/N-ethyl adjacent to an activating group) is 1. The van der Waals surface area contributed by atoms with Crippen molar-refractivity contribution in [2.45, 2.75) is 63.5 Å². The van der Waals surface area contributed by atoms with Crippen LogP contribution >= 0.6 is 0 Å². The van der Waals surface area contributed by atoms with Crippen LogP contribution < -0.4 is 10.6 Å². The first-order chi connectivity index (χ1) is 16.2. The van der Waals surface area contributed by atoms with Crippen molar-refractivity contribution in [3.8, 4) is 0 Å². The van der Waals surface area contributed by atoms with Gasteiger partial charge in [-0.3, -0.25) is 4.79 Å². The largest absolute Gasteiger partial charge is 0.369 e. The molecule has 0 radical (unpaired) electrons. The van der Waals surface area contributed by atoms with E-state index in [4.69, 9.17) is 4.74 Å². The van der Waals surface area contributed by atoms with Crippen LogP contribution in [-0.4, -0.2) is 32.1 Å². The van der Waals surface area contributed by atoms with Gasteiger partial charge in [0, 0.05) is 24.8 Å². The van der Waals surface area contributed by atoms with Crippen LogP contribution in [0, 0.1) is 5.92 Å². The maximum Gasteiger partial charge on any atom is 0.251 e. The molecule has 2 aromatic rings. The lowest BCUT2D eigenvalue weighted by atomic mass is 9.84. The Balaban J connectivity index is 1.71. The van der Waals surface area contributed by atoms with E-state index in [9.17, 15) is 4.79 Å². The number of hydrogen-bond acceptors (Lipinski definition) is 3. The van der Waals surface area contributed by atoms with Crippen molar-refractivity contribution in [1.29, 1.82) is 0 Å². The number of ether oxygens (including phenoxy) is 1. The first-order valence-electron chi connectivity index (χ1n) is 12.5. The zero-order valence-corrected chi connectivity index (χ0v) is 20.1. The Labute approximate surface area is 199 Å². The molecule has 178 valence electrons. The molecule has 0 aliphatic heterocycles. The Kier molecular flexibility index (Phi) is 10.7. The molecule has 2 atom stereocenters. The predicted octanol–water partition coefficient (Wildman–Crippen LogP) is 6.05. The number of rotatable bonds is 13. The molecule has 2 N–H and O–H groups in total. The van der Waals surface area contributed by atoms with Gasteiger partial charge in [-0.15, -0.1) is 6.58 Å². The third-order valence-corrected chi connectivity index (χ3v) is 6.52. The average Bonchev–Trinajstić information content (AvgIpc) is 2.85. The number of benzene rings is 2. The molecule has 3 rings (SSSR count). The lowest BCUT2D eigenvalue weighted by molar-refractivity contribution is 0.0785. The van der Waals surface area contributed by atoms with E-state index in [1.165, 1.54) is 32.1 Å². The highest BCUT2D eigenvalue weighted by Crippen LogP contribution is 2.28. The lowest BCUT2D eigenvalue weighted by Gasteiger charge is -2.27. The fourth-order valence-electron chi connectivity index (χ4n) is 4.82. The van der Waals surface area contributed by atoms with Gasteiger partial charge in [0.25, 0.3) is 5.91 Å². The van der Waals surface area contributed by atoms with Gasteiger partial charge in [0.15, 0.2) is 0 Å². The van der Waals surface area contributed by atoms with Gasteiger partial charge in [-0.05, 0) is 55.5 Å². The van der Waals surface area contributed by atoms with Crippen molar-refractivity contribution in [3.63, 3.8) is 0 Å². The summed E-state index contributed by atoms with van der Waals surface area (Å²) in [5.74, 6) is 0.710. The van der Waals surface area contributed by atoms with Gasteiger partial charge in [0.2, 0.25) is 0 Å². The monoisotopic (exact) mass is 448 g/mol. The number of amides is 1. The minimum Gasteiger partial charge on any atom is -0.369 e. The summed E-state index contributed by atoms with van der Waals surface area (Å²) in [5.41, 5.74) is 2.79. The zero-order valence-electron chi connectivity index (χ0n) is 20.1. The number of unbranched alkanes of at least 4 members (excludes halogenated alkanes) is 1. The van der Waals surface area contributed by atoms with E-state index in [-0.39, 0.29) is 18.1 Å². The predicted molar refractivity (Wildman–Crippen MR) is 136 cm³/mol. The van der Waals surface area contributed by atoms with Crippen LogP contribution in [-0.2, 0) is 4.74 Å². The van der Waals surface area contributed by atoms with Crippen molar-refractivity contribution in [1.82, 2.24) is 10.6 Å². The molecule has 0 heterocycles. The van der Waals surface area contributed by atoms with Gasteiger partial charge >= 0.3 is 0 Å². The summed E-state index contributed by atoms with van der Waals surface area (Å²) >= 11 is 0. The lowest BCUT2D eigenvalue weighted by Crippen LogP contribution is -2.42. The summed E-state index contributed by atoms with van der Waals surface area (Å²) in [5, 5.41) is 6.55. The van der Waals surface area contributed by atoms with Crippen molar-refractivity contribution in [2.24, 2.45) is 5.92 Å². The third kappa shape index (κ3) is 8.13. The van der Waals surface area contributed by atoms with Crippen molar-refractivity contribution in [3.05, 3.63) is 83.9 Å². The van der Waals surface area contributed by atoms with Gasteiger partial charge in [-0.2, -0.15) is 0 Å². The zero-order chi connectivity index (χ0) is 23.3. The molecule has 0 spiro atoms. The molecule has 1 aliphatic carbocycles. The molecule has 1 saturated carbocycles. The Morgan fingerprint density at radius 3 is 2.58 bits per heavy atom. The van der Waals surface area contributed by atoms with Gasteiger partial charge in [0.1, 0.15) is 6.10 Å². The number of allylic oxidation sites excluding steroid dienone is 1. The molecule has 2 aromatic carbocycles. The highest BCUT2D eigenvalue weighted by Gasteiger charge is 2.22. The van der Waals surface area contributed by atoms with Crippen LogP contribution in [0.2, 0.25) is 0 Å². The normalized spacial score (nSPS) is 16.2. The summed E-state index contributed by atoms with van der Waals surface area (Å²) in [7, 11) is 1.95. The SMILES string of the molecule is C=CCCCO[C@@H](c1ccccc1)c1cccc(C(=O)NC(CNC)CC2CCCCC2)c1. The number of carbonyl (C=O) groups excluding carboxylic acids is 1. The molecule has 4 heteroatoms. The molecule has 1 amide bonds. The molecule has 1 aliphatic rings. The summed E-state index contributed by atoms with van der Waals surface area (Å²) in [4.78, 5) is 13.2. The second-order valence-electron chi connectivity index (χ2n) is 9.19. The molecule has 4 nitrogen and oxygen atoms in total. The Morgan fingerprint density at radius 1 is 1.09 bits per heavy atom. The number of hydrogen-bond donors (Lipinski definition) is 2.